The van der Waals surface area contributed by atoms with Gasteiger partial charge in [0.2, 0.25) is 0 Å². The van der Waals surface area contributed by atoms with E-state index in [1.165, 1.54) is 32.4 Å². The van der Waals surface area contributed by atoms with Gasteiger partial charge in [0.15, 0.2) is 0 Å². The molecule has 1 aromatic heterocycles. The number of hydrogen-bond acceptors (Lipinski definition) is 4. The maximum absolute atomic E-state index is 12.3. The van der Waals surface area contributed by atoms with Crippen LogP contribution in [0.4, 0.5) is 5.69 Å². The molecule has 0 bridgehead atoms. The molecule has 144 valence electrons. The molecular formula is C19H27Cl2N3O2. The van der Waals surface area contributed by atoms with Crippen molar-refractivity contribution in [1.29, 1.82) is 0 Å². The minimum atomic E-state index is 0. The van der Waals surface area contributed by atoms with Gasteiger partial charge in [-0.1, -0.05) is 6.42 Å². The molecule has 0 atom stereocenters. The number of nitrogens with one attached hydrogen (secondary N) is 2. The summed E-state index contributed by atoms with van der Waals surface area (Å²) in [6, 6.07) is 6.01. The van der Waals surface area contributed by atoms with Gasteiger partial charge in [-0.25, -0.2) is 0 Å². The summed E-state index contributed by atoms with van der Waals surface area (Å²) in [7, 11) is 0. The Morgan fingerprint density at radius 1 is 1.08 bits per heavy atom. The Balaban J connectivity index is 0.00000121. The number of fused-ring (bicyclic) bond motifs is 3. The number of hydrogen-bond donors (Lipinski definition) is 2. The molecule has 2 N–H and O–H groups in total. The van der Waals surface area contributed by atoms with E-state index in [0.29, 0.717) is 6.61 Å². The summed E-state index contributed by atoms with van der Waals surface area (Å²) in [5.41, 5.74) is 2.76. The second-order valence-corrected chi connectivity index (χ2v) is 6.80. The normalized spacial score (nSPS) is 16.8. The molecule has 0 unspecified atom stereocenters. The van der Waals surface area contributed by atoms with E-state index in [4.69, 9.17) is 4.74 Å². The van der Waals surface area contributed by atoms with E-state index in [-0.39, 0.29) is 30.4 Å². The van der Waals surface area contributed by atoms with Crippen LogP contribution in [0.2, 0.25) is 0 Å². The first-order valence-electron chi connectivity index (χ1n) is 9.09. The van der Waals surface area contributed by atoms with Crippen LogP contribution in [-0.2, 0) is 6.42 Å². The first-order valence-corrected chi connectivity index (χ1v) is 9.09. The van der Waals surface area contributed by atoms with Crippen LogP contribution in [0.3, 0.4) is 0 Å². The van der Waals surface area contributed by atoms with Crippen molar-refractivity contribution in [2.24, 2.45) is 0 Å². The van der Waals surface area contributed by atoms with Crippen molar-refractivity contribution in [3.63, 3.8) is 0 Å². The van der Waals surface area contributed by atoms with Crippen LogP contribution >= 0.6 is 24.8 Å². The van der Waals surface area contributed by atoms with Gasteiger partial charge in [0.25, 0.3) is 5.56 Å². The number of piperidine rings is 1. The fourth-order valence-electron chi connectivity index (χ4n) is 3.80. The highest BCUT2D eigenvalue weighted by Crippen LogP contribution is 2.29. The van der Waals surface area contributed by atoms with Crippen molar-refractivity contribution in [2.75, 3.05) is 38.1 Å². The molecule has 0 amide bonds. The van der Waals surface area contributed by atoms with Crippen molar-refractivity contribution >= 4 is 41.4 Å². The molecule has 2 aliphatic rings. The third kappa shape index (κ3) is 4.45. The predicted octanol–water partition coefficient (Wildman–Crippen LogP) is 3.59. The number of anilines is 1. The van der Waals surface area contributed by atoms with Gasteiger partial charge in [-0.15, -0.1) is 24.8 Å². The average Bonchev–Trinajstić information content (AvgIpc) is 2.63. The maximum Gasteiger partial charge on any atom is 0.253 e. The largest absolute Gasteiger partial charge is 0.492 e. The van der Waals surface area contributed by atoms with Crippen LogP contribution in [0.25, 0.3) is 10.9 Å². The highest BCUT2D eigenvalue weighted by molar-refractivity contribution is 5.93. The second-order valence-electron chi connectivity index (χ2n) is 6.80. The second kappa shape index (κ2) is 9.49. The first-order chi connectivity index (χ1) is 11.8. The Morgan fingerprint density at radius 3 is 2.69 bits per heavy atom. The molecule has 2 aliphatic heterocycles. The van der Waals surface area contributed by atoms with Crippen LogP contribution in [0, 0.1) is 0 Å². The Morgan fingerprint density at radius 2 is 1.88 bits per heavy atom. The predicted molar refractivity (Wildman–Crippen MR) is 112 cm³/mol. The Bertz CT molecular complexity index is 788. The third-order valence-corrected chi connectivity index (χ3v) is 5.11. The lowest BCUT2D eigenvalue weighted by Crippen LogP contribution is -2.33. The monoisotopic (exact) mass is 399 g/mol. The first kappa shape index (κ1) is 20.9. The molecule has 1 fully saturated rings. The quantitative estimate of drug-likeness (QED) is 0.824. The number of likely N-dealkylation sites (tertiary alicyclic amines) is 1. The van der Waals surface area contributed by atoms with Crippen LogP contribution in [0.15, 0.2) is 23.0 Å². The van der Waals surface area contributed by atoms with Crippen LogP contribution in [0.5, 0.6) is 5.75 Å². The summed E-state index contributed by atoms with van der Waals surface area (Å²) in [4.78, 5) is 17.7. The minimum absolute atomic E-state index is 0. The lowest BCUT2D eigenvalue weighted by atomic mass is 10.0. The van der Waals surface area contributed by atoms with Crippen molar-refractivity contribution in [3.8, 4) is 5.75 Å². The van der Waals surface area contributed by atoms with Crippen molar-refractivity contribution in [1.82, 2.24) is 9.88 Å². The maximum atomic E-state index is 12.3. The standard InChI is InChI=1S/C19H25N3O2.2ClH/c23-19-16-5-4-8-20-18(16)15-7-6-14(13-17(15)21-19)24-12-11-22-9-2-1-3-10-22;;/h6-7,13,20H,1-5,8-12H2,(H,21,23);2*1H. The molecule has 7 heteroatoms. The number of H-pyrrole nitrogens is 1. The van der Waals surface area contributed by atoms with Gasteiger partial charge in [-0.2, -0.15) is 0 Å². The summed E-state index contributed by atoms with van der Waals surface area (Å²) in [5.74, 6) is 0.825. The van der Waals surface area contributed by atoms with Gasteiger partial charge in [0.1, 0.15) is 12.4 Å². The topological polar surface area (TPSA) is 57.4 Å². The molecule has 0 aliphatic carbocycles. The van der Waals surface area contributed by atoms with Gasteiger partial charge in [0.05, 0.1) is 11.2 Å². The zero-order valence-corrected chi connectivity index (χ0v) is 16.5. The van der Waals surface area contributed by atoms with E-state index in [9.17, 15) is 4.79 Å². The summed E-state index contributed by atoms with van der Waals surface area (Å²) in [6.45, 7) is 4.97. The third-order valence-electron chi connectivity index (χ3n) is 5.11. The van der Waals surface area contributed by atoms with E-state index < -0.39 is 0 Å². The molecule has 1 saturated heterocycles. The number of benzene rings is 1. The number of pyridine rings is 1. The van der Waals surface area contributed by atoms with Crippen molar-refractivity contribution in [3.05, 3.63) is 34.1 Å². The SMILES string of the molecule is Cl.Cl.O=c1[nH]c2cc(OCCN3CCCCC3)ccc2c2c1CCCN2. The number of halogens is 2. The average molecular weight is 400 g/mol. The molecule has 26 heavy (non-hydrogen) atoms. The number of nitrogens with zero attached hydrogens (tertiary/aromatic N) is 1. The van der Waals surface area contributed by atoms with Crippen molar-refractivity contribution in [2.45, 2.75) is 32.1 Å². The molecule has 0 radical (unpaired) electrons. The lowest BCUT2D eigenvalue weighted by molar-refractivity contribution is 0.183. The Labute approximate surface area is 166 Å². The molecule has 0 spiro atoms. The zero-order chi connectivity index (χ0) is 16.4. The fourth-order valence-corrected chi connectivity index (χ4v) is 3.80. The molecule has 2 aromatic rings. The van der Waals surface area contributed by atoms with Gasteiger partial charge in [0, 0.05) is 30.1 Å². The fraction of sp³-hybridized carbons (Fsp3) is 0.526. The van der Waals surface area contributed by atoms with E-state index in [2.05, 4.69) is 21.3 Å². The summed E-state index contributed by atoms with van der Waals surface area (Å²) < 4.78 is 5.92. The smallest absolute Gasteiger partial charge is 0.253 e. The number of ether oxygens (including phenoxy) is 1. The Kier molecular flexibility index (Phi) is 7.62. The van der Waals surface area contributed by atoms with Crippen LogP contribution in [-0.4, -0.2) is 42.7 Å². The summed E-state index contributed by atoms with van der Waals surface area (Å²) >= 11 is 0. The van der Waals surface area contributed by atoms with Crippen molar-refractivity contribution < 1.29 is 4.74 Å². The van der Waals surface area contributed by atoms with E-state index >= 15 is 0 Å². The Hall–Kier alpha value is -1.43. The highest BCUT2D eigenvalue weighted by Gasteiger charge is 2.16. The summed E-state index contributed by atoms with van der Waals surface area (Å²) in [6.07, 6.45) is 5.82. The van der Waals surface area contributed by atoms with Crippen LogP contribution < -0.4 is 15.6 Å². The molecular weight excluding hydrogens is 373 g/mol. The van der Waals surface area contributed by atoms with E-state index in [1.807, 2.05) is 12.1 Å². The summed E-state index contributed by atoms with van der Waals surface area (Å²) in [5, 5.41) is 4.46. The number of aromatic nitrogens is 1. The van der Waals surface area contributed by atoms with Gasteiger partial charge in [-0.05, 0) is 50.9 Å². The minimum Gasteiger partial charge on any atom is -0.492 e. The highest BCUT2D eigenvalue weighted by atomic mass is 35.5. The number of rotatable bonds is 4. The lowest BCUT2D eigenvalue weighted by Gasteiger charge is -2.26. The van der Waals surface area contributed by atoms with Crippen LogP contribution in [0.1, 0.15) is 31.2 Å². The molecule has 0 saturated carbocycles. The molecule has 1 aromatic carbocycles. The van der Waals surface area contributed by atoms with E-state index in [0.717, 1.165) is 53.8 Å². The number of aromatic amines is 1. The molecule has 4 rings (SSSR count). The molecule has 3 heterocycles. The van der Waals surface area contributed by atoms with E-state index in [1.54, 1.807) is 0 Å². The van der Waals surface area contributed by atoms with Gasteiger partial charge < -0.3 is 15.0 Å². The molecule has 5 nitrogen and oxygen atoms in total. The van der Waals surface area contributed by atoms with Gasteiger partial charge in [-0.3, -0.25) is 9.69 Å². The van der Waals surface area contributed by atoms with Gasteiger partial charge >= 0.3 is 0 Å². The zero-order valence-electron chi connectivity index (χ0n) is 14.9.